The number of nitrogens with one attached hydrogen (secondary N) is 1. The summed E-state index contributed by atoms with van der Waals surface area (Å²) in [6.07, 6.45) is 4.65. The van der Waals surface area contributed by atoms with Gasteiger partial charge in [0, 0.05) is 18.6 Å². The molecule has 128 valence electrons. The molecule has 0 spiro atoms. The molecule has 10 heteroatoms. The Labute approximate surface area is 147 Å². The Bertz CT molecular complexity index is 908. The number of hydrogen-bond acceptors (Lipinski definition) is 8. The second kappa shape index (κ2) is 6.44. The van der Waals surface area contributed by atoms with Crippen molar-refractivity contribution in [2.75, 3.05) is 5.32 Å². The largest absolute Gasteiger partial charge is 0.412 e. The highest BCUT2D eigenvalue weighted by atomic mass is 35.5. The molecule has 25 heavy (non-hydrogen) atoms. The molecule has 9 nitrogen and oxygen atoms in total. The summed E-state index contributed by atoms with van der Waals surface area (Å²) in [5, 5.41) is 11.0. The van der Waals surface area contributed by atoms with Gasteiger partial charge in [-0.2, -0.15) is 0 Å². The number of primary amides is 1. The van der Waals surface area contributed by atoms with Crippen molar-refractivity contribution in [2.24, 2.45) is 5.73 Å². The van der Waals surface area contributed by atoms with Crippen LogP contribution in [0, 0.1) is 0 Å². The van der Waals surface area contributed by atoms with Crippen LogP contribution in [0.4, 0.5) is 5.95 Å². The lowest BCUT2D eigenvalue weighted by Gasteiger charge is -2.26. The molecule has 0 saturated carbocycles. The summed E-state index contributed by atoms with van der Waals surface area (Å²) < 4.78 is 5.13. The van der Waals surface area contributed by atoms with Gasteiger partial charge in [0.25, 0.3) is 5.89 Å². The topological polar surface area (TPSA) is 133 Å². The zero-order valence-electron chi connectivity index (χ0n) is 13.4. The minimum atomic E-state index is -0.799. The number of halogens is 1. The van der Waals surface area contributed by atoms with E-state index < -0.39 is 11.4 Å². The normalized spacial score (nSPS) is 11.3. The Kier molecular flexibility index (Phi) is 4.32. The first kappa shape index (κ1) is 16.8. The van der Waals surface area contributed by atoms with E-state index in [-0.39, 0.29) is 11.8 Å². The van der Waals surface area contributed by atoms with Gasteiger partial charge in [0.1, 0.15) is 0 Å². The van der Waals surface area contributed by atoms with Gasteiger partial charge in [-0.25, -0.2) is 9.97 Å². The number of rotatable bonds is 5. The van der Waals surface area contributed by atoms with E-state index in [0.717, 1.165) is 0 Å². The molecule has 3 aromatic rings. The van der Waals surface area contributed by atoms with E-state index in [1.807, 2.05) is 13.8 Å². The number of carbonyl (C=O) groups excluding carboxylic acids is 1. The monoisotopic (exact) mass is 359 g/mol. The Morgan fingerprint density at radius 3 is 2.56 bits per heavy atom. The number of anilines is 1. The zero-order chi connectivity index (χ0) is 18.0. The third-order valence-corrected chi connectivity index (χ3v) is 3.61. The van der Waals surface area contributed by atoms with Crippen LogP contribution in [0.2, 0.25) is 5.02 Å². The van der Waals surface area contributed by atoms with E-state index >= 15 is 0 Å². The molecule has 0 aliphatic rings. The van der Waals surface area contributed by atoms with Crippen LogP contribution in [0.1, 0.15) is 30.2 Å². The zero-order valence-corrected chi connectivity index (χ0v) is 14.2. The van der Waals surface area contributed by atoms with Gasteiger partial charge >= 0.3 is 11.8 Å². The van der Waals surface area contributed by atoms with Crippen molar-refractivity contribution in [1.29, 1.82) is 0 Å². The van der Waals surface area contributed by atoms with E-state index in [0.29, 0.717) is 22.2 Å². The highest BCUT2D eigenvalue weighted by Gasteiger charge is 2.25. The second-order valence-corrected chi connectivity index (χ2v) is 6.06. The van der Waals surface area contributed by atoms with Crippen molar-refractivity contribution in [3.8, 4) is 11.5 Å². The van der Waals surface area contributed by atoms with Crippen molar-refractivity contribution in [1.82, 2.24) is 25.1 Å². The lowest BCUT2D eigenvalue weighted by atomic mass is 10.00. The average Bonchev–Trinajstić information content (AvgIpc) is 3.06. The number of nitrogens with zero attached hydrogens (tertiary/aromatic N) is 5. The summed E-state index contributed by atoms with van der Waals surface area (Å²) in [6, 6.07) is 3.53. The fourth-order valence-corrected chi connectivity index (χ4v) is 2.48. The number of amides is 1. The van der Waals surface area contributed by atoms with Crippen LogP contribution in [-0.4, -0.2) is 31.1 Å². The minimum absolute atomic E-state index is 0.104. The molecule has 0 bridgehead atoms. The minimum Gasteiger partial charge on any atom is -0.412 e. The molecule has 3 N–H and O–H groups in total. The van der Waals surface area contributed by atoms with Crippen LogP contribution in [-0.2, 0) is 5.54 Å². The second-order valence-electron chi connectivity index (χ2n) is 5.66. The van der Waals surface area contributed by atoms with Crippen LogP contribution in [0.5, 0.6) is 0 Å². The van der Waals surface area contributed by atoms with E-state index in [2.05, 4.69) is 30.5 Å². The molecule has 0 atom stereocenters. The first-order chi connectivity index (χ1) is 11.9. The molecule has 0 fully saturated rings. The first-order valence-electron chi connectivity index (χ1n) is 7.22. The molecule has 0 aliphatic heterocycles. The van der Waals surface area contributed by atoms with Gasteiger partial charge in [0.05, 0.1) is 21.8 Å². The first-order valence-corrected chi connectivity index (χ1v) is 7.59. The predicted molar refractivity (Wildman–Crippen MR) is 89.7 cm³/mol. The van der Waals surface area contributed by atoms with Crippen molar-refractivity contribution in [2.45, 2.75) is 19.4 Å². The Morgan fingerprint density at radius 1 is 1.24 bits per heavy atom. The molecule has 3 heterocycles. The lowest BCUT2D eigenvalue weighted by molar-refractivity contribution is 0.0968. The van der Waals surface area contributed by atoms with Crippen LogP contribution < -0.4 is 11.1 Å². The van der Waals surface area contributed by atoms with Gasteiger partial charge in [-0.3, -0.25) is 9.78 Å². The van der Waals surface area contributed by atoms with Crippen LogP contribution in [0.15, 0.2) is 35.1 Å². The summed E-state index contributed by atoms with van der Waals surface area (Å²) in [4.78, 5) is 23.7. The maximum Gasteiger partial charge on any atom is 0.306 e. The van der Waals surface area contributed by atoms with Crippen LogP contribution >= 0.6 is 11.6 Å². The molecule has 3 aromatic heterocycles. The van der Waals surface area contributed by atoms with Crippen molar-refractivity contribution < 1.29 is 9.21 Å². The molecular formula is C15H14ClN7O2. The maximum atomic E-state index is 11.0. The number of aromatic nitrogens is 5. The lowest BCUT2D eigenvalue weighted by Crippen LogP contribution is -2.30. The molecule has 0 radical (unpaired) electrons. The molecule has 3 rings (SSSR count). The van der Waals surface area contributed by atoms with Gasteiger partial charge in [-0.15, -0.1) is 10.2 Å². The highest BCUT2D eigenvalue weighted by molar-refractivity contribution is 6.31. The fourth-order valence-electron chi connectivity index (χ4n) is 2.13. The van der Waals surface area contributed by atoms with E-state index in [4.69, 9.17) is 21.8 Å². The molecule has 0 aromatic carbocycles. The van der Waals surface area contributed by atoms with Gasteiger partial charge < -0.3 is 15.5 Å². The Hall–Kier alpha value is -3.07. The van der Waals surface area contributed by atoms with Gasteiger partial charge in [0.2, 0.25) is 5.95 Å². The number of hydrogen-bond donors (Lipinski definition) is 2. The highest BCUT2D eigenvalue weighted by Crippen LogP contribution is 2.28. The Balaban J connectivity index is 1.80. The van der Waals surface area contributed by atoms with Crippen LogP contribution in [0.3, 0.4) is 0 Å². The smallest absolute Gasteiger partial charge is 0.306 e. The summed E-state index contributed by atoms with van der Waals surface area (Å²) in [7, 11) is 0. The summed E-state index contributed by atoms with van der Waals surface area (Å²) >= 11 is 6.20. The molecule has 0 aliphatic carbocycles. The van der Waals surface area contributed by atoms with E-state index in [1.54, 1.807) is 18.3 Å². The van der Waals surface area contributed by atoms with Crippen LogP contribution in [0.25, 0.3) is 11.5 Å². The van der Waals surface area contributed by atoms with Gasteiger partial charge in [-0.05, 0) is 26.0 Å². The maximum absolute atomic E-state index is 11.0. The molecule has 0 saturated heterocycles. The summed E-state index contributed by atoms with van der Waals surface area (Å²) in [5.74, 6) is -0.604. The van der Waals surface area contributed by atoms with Gasteiger partial charge in [0.15, 0.2) is 0 Å². The van der Waals surface area contributed by atoms with Crippen molar-refractivity contribution in [3.05, 3.63) is 47.3 Å². The fraction of sp³-hybridized carbons (Fsp3) is 0.200. The van der Waals surface area contributed by atoms with Gasteiger partial charge in [-0.1, -0.05) is 11.6 Å². The SMILES string of the molecule is CC(C)(Nc1ncc(-c2nnc(C(N)=O)o2)cn1)c1ncccc1Cl. The third-order valence-electron chi connectivity index (χ3n) is 3.31. The summed E-state index contributed by atoms with van der Waals surface area (Å²) in [5.41, 5.74) is 5.61. The number of carbonyl (C=O) groups is 1. The van der Waals surface area contributed by atoms with E-state index in [1.165, 1.54) is 12.4 Å². The standard InChI is InChI=1S/C15H14ClN7O2/c1-15(2,10-9(16)4-3-5-18-10)21-14-19-6-8(7-20-14)12-22-23-13(25-12)11(17)24/h3-7H,1-2H3,(H2,17,24)(H,19,20,21). The average molecular weight is 360 g/mol. The molecule has 0 unspecified atom stereocenters. The number of pyridine rings is 1. The molecule has 1 amide bonds. The quantitative estimate of drug-likeness (QED) is 0.706. The number of nitrogens with two attached hydrogens (primary N) is 1. The van der Waals surface area contributed by atoms with Crippen molar-refractivity contribution >= 4 is 23.5 Å². The van der Waals surface area contributed by atoms with E-state index in [9.17, 15) is 4.79 Å². The third kappa shape index (κ3) is 3.56. The van der Waals surface area contributed by atoms with Crippen molar-refractivity contribution in [3.63, 3.8) is 0 Å². The Morgan fingerprint density at radius 2 is 1.96 bits per heavy atom. The predicted octanol–water partition coefficient (Wildman–Crippen LogP) is 2.02. The molecular weight excluding hydrogens is 346 g/mol. The summed E-state index contributed by atoms with van der Waals surface area (Å²) in [6.45, 7) is 3.82.